The third-order valence-electron chi connectivity index (χ3n) is 2.88. The number of carbonyl (C=O) groups excluding carboxylic acids is 2. The van der Waals surface area contributed by atoms with Gasteiger partial charge in [0.2, 0.25) is 5.91 Å². The zero-order chi connectivity index (χ0) is 14.5. The van der Waals surface area contributed by atoms with Crippen LogP contribution < -0.4 is 10.7 Å². The highest BCUT2D eigenvalue weighted by Crippen LogP contribution is 2.11. The van der Waals surface area contributed by atoms with Crippen molar-refractivity contribution in [1.82, 2.24) is 10.3 Å². The Morgan fingerprint density at radius 2 is 2.00 bits per heavy atom. The molecule has 0 fully saturated rings. The lowest BCUT2D eigenvalue weighted by molar-refractivity contribution is -0.121. The first-order valence-electron chi connectivity index (χ1n) is 6.45. The first-order chi connectivity index (χ1) is 9.54. The Morgan fingerprint density at radius 1 is 1.30 bits per heavy atom. The van der Waals surface area contributed by atoms with E-state index in [4.69, 9.17) is 0 Å². The SMILES string of the molecule is CN(C)Cc1ccc(NC(=O)C2=NNC(=O)CC2)cc1. The Morgan fingerprint density at radius 3 is 2.55 bits per heavy atom. The fourth-order valence-corrected chi connectivity index (χ4v) is 1.90. The van der Waals surface area contributed by atoms with Crippen molar-refractivity contribution in [2.45, 2.75) is 19.4 Å². The van der Waals surface area contributed by atoms with E-state index in [1.54, 1.807) is 0 Å². The molecule has 0 spiro atoms. The van der Waals surface area contributed by atoms with Crippen LogP contribution in [0.25, 0.3) is 0 Å². The standard InChI is InChI=1S/C14H18N4O2/c1-18(2)9-10-3-5-11(6-4-10)15-14(20)12-7-8-13(19)17-16-12/h3-6H,7-9H2,1-2H3,(H,15,20)(H,17,19). The zero-order valence-electron chi connectivity index (χ0n) is 11.6. The lowest BCUT2D eigenvalue weighted by Gasteiger charge is -2.13. The molecule has 2 N–H and O–H groups in total. The second-order valence-corrected chi connectivity index (χ2v) is 4.98. The van der Waals surface area contributed by atoms with Gasteiger partial charge in [-0.25, -0.2) is 5.43 Å². The fourth-order valence-electron chi connectivity index (χ4n) is 1.90. The summed E-state index contributed by atoms with van der Waals surface area (Å²) in [6.07, 6.45) is 0.671. The van der Waals surface area contributed by atoms with Gasteiger partial charge in [-0.05, 0) is 31.8 Å². The van der Waals surface area contributed by atoms with Crippen LogP contribution in [0.2, 0.25) is 0 Å². The summed E-state index contributed by atoms with van der Waals surface area (Å²) < 4.78 is 0. The molecule has 0 saturated carbocycles. The van der Waals surface area contributed by atoms with Gasteiger partial charge in [0, 0.05) is 25.1 Å². The predicted molar refractivity (Wildman–Crippen MR) is 77.3 cm³/mol. The highest BCUT2D eigenvalue weighted by molar-refractivity contribution is 6.43. The molecule has 1 aromatic carbocycles. The van der Waals surface area contributed by atoms with Crippen LogP contribution in [0.5, 0.6) is 0 Å². The van der Waals surface area contributed by atoms with Crippen LogP contribution >= 0.6 is 0 Å². The molecular weight excluding hydrogens is 256 g/mol. The molecule has 0 bridgehead atoms. The number of hydrogen-bond acceptors (Lipinski definition) is 4. The third-order valence-corrected chi connectivity index (χ3v) is 2.88. The van der Waals surface area contributed by atoms with Gasteiger partial charge < -0.3 is 10.2 Å². The number of hydrazone groups is 1. The first-order valence-corrected chi connectivity index (χ1v) is 6.45. The monoisotopic (exact) mass is 274 g/mol. The van der Waals surface area contributed by atoms with Crippen molar-refractivity contribution in [3.63, 3.8) is 0 Å². The van der Waals surface area contributed by atoms with E-state index < -0.39 is 0 Å². The second-order valence-electron chi connectivity index (χ2n) is 4.98. The van der Waals surface area contributed by atoms with Crippen molar-refractivity contribution in [3.05, 3.63) is 29.8 Å². The molecule has 2 rings (SSSR count). The van der Waals surface area contributed by atoms with E-state index in [0.29, 0.717) is 18.6 Å². The van der Waals surface area contributed by atoms with Gasteiger partial charge in [0.15, 0.2) is 0 Å². The molecule has 0 saturated heterocycles. The van der Waals surface area contributed by atoms with E-state index in [9.17, 15) is 9.59 Å². The van der Waals surface area contributed by atoms with Crippen LogP contribution in [0.4, 0.5) is 5.69 Å². The van der Waals surface area contributed by atoms with Gasteiger partial charge >= 0.3 is 0 Å². The number of hydrogen-bond donors (Lipinski definition) is 2. The number of rotatable bonds is 4. The van der Waals surface area contributed by atoms with Crippen LogP contribution in [0.3, 0.4) is 0 Å². The van der Waals surface area contributed by atoms with Gasteiger partial charge in [-0.1, -0.05) is 12.1 Å². The maximum atomic E-state index is 11.9. The average Bonchev–Trinajstić information content (AvgIpc) is 2.41. The van der Waals surface area contributed by atoms with Gasteiger partial charge in [-0.3, -0.25) is 9.59 Å². The lowest BCUT2D eigenvalue weighted by atomic mass is 10.1. The van der Waals surface area contributed by atoms with Gasteiger partial charge in [0.25, 0.3) is 5.91 Å². The van der Waals surface area contributed by atoms with Crippen LogP contribution in [-0.2, 0) is 16.1 Å². The van der Waals surface area contributed by atoms with E-state index >= 15 is 0 Å². The van der Waals surface area contributed by atoms with E-state index in [2.05, 4.69) is 20.7 Å². The summed E-state index contributed by atoms with van der Waals surface area (Å²) >= 11 is 0. The lowest BCUT2D eigenvalue weighted by Crippen LogP contribution is -2.32. The second kappa shape index (κ2) is 6.29. The summed E-state index contributed by atoms with van der Waals surface area (Å²) in [5, 5.41) is 6.53. The smallest absolute Gasteiger partial charge is 0.271 e. The molecule has 1 aliphatic rings. The molecule has 0 atom stereocenters. The number of carbonyl (C=O) groups is 2. The Labute approximate surface area is 117 Å². The minimum absolute atomic E-state index is 0.158. The van der Waals surface area contributed by atoms with Gasteiger partial charge in [0.1, 0.15) is 5.71 Å². The van der Waals surface area contributed by atoms with E-state index in [1.807, 2.05) is 38.4 Å². The van der Waals surface area contributed by atoms with Crippen LogP contribution in [0, 0.1) is 0 Å². The minimum Gasteiger partial charge on any atom is -0.321 e. The molecule has 2 amide bonds. The molecule has 20 heavy (non-hydrogen) atoms. The molecule has 6 heteroatoms. The molecule has 0 radical (unpaired) electrons. The van der Waals surface area contributed by atoms with Crippen molar-refractivity contribution in [3.8, 4) is 0 Å². The van der Waals surface area contributed by atoms with E-state index in [1.165, 1.54) is 5.56 Å². The first kappa shape index (κ1) is 14.2. The van der Waals surface area contributed by atoms with Crippen LogP contribution in [-0.4, -0.2) is 36.5 Å². The van der Waals surface area contributed by atoms with Crippen LogP contribution in [0.15, 0.2) is 29.4 Å². The summed E-state index contributed by atoms with van der Waals surface area (Å²) in [7, 11) is 4.01. The molecule has 0 unspecified atom stereocenters. The van der Waals surface area contributed by atoms with Crippen molar-refractivity contribution in [2.24, 2.45) is 5.10 Å². The summed E-state index contributed by atoms with van der Waals surface area (Å²) in [6.45, 7) is 0.854. The Hall–Kier alpha value is -2.21. The predicted octanol–water partition coefficient (Wildman–Crippen LogP) is 0.953. The van der Waals surface area contributed by atoms with E-state index in [-0.39, 0.29) is 11.8 Å². The normalized spacial score (nSPS) is 14.8. The third kappa shape index (κ3) is 3.89. The summed E-state index contributed by atoms with van der Waals surface area (Å²) in [5.41, 5.74) is 4.56. The number of nitrogens with zero attached hydrogens (tertiary/aromatic N) is 2. The van der Waals surface area contributed by atoms with Crippen LogP contribution in [0.1, 0.15) is 18.4 Å². The number of benzene rings is 1. The Bertz CT molecular complexity index is 535. The molecule has 106 valence electrons. The van der Waals surface area contributed by atoms with Gasteiger partial charge in [-0.2, -0.15) is 5.10 Å². The fraction of sp³-hybridized carbons (Fsp3) is 0.357. The maximum absolute atomic E-state index is 11.9. The molecular formula is C14H18N4O2. The molecule has 1 heterocycles. The minimum atomic E-state index is -0.273. The Balaban J connectivity index is 1.96. The molecule has 1 aliphatic heterocycles. The number of amides is 2. The largest absolute Gasteiger partial charge is 0.321 e. The van der Waals surface area contributed by atoms with Gasteiger partial charge in [0.05, 0.1) is 0 Å². The quantitative estimate of drug-likeness (QED) is 0.858. The van der Waals surface area contributed by atoms with Gasteiger partial charge in [-0.15, -0.1) is 0 Å². The molecule has 1 aromatic rings. The number of anilines is 1. The van der Waals surface area contributed by atoms with Crippen molar-refractivity contribution in [2.75, 3.05) is 19.4 Å². The molecule has 0 aliphatic carbocycles. The summed E-state index contributed by atoms with van der Waals surface area (Å²) in [4.78, 5) is 25.0. The zero-order valence-corrected chi connectivity index (χ0v) is 11.6. The summed E-state index contributed by atoms with van der Waals surface area (Å²) in [5.74, 6) is -0.431. The average molecular weight is 274 g/mol. The highest BCUT2D eigenvalue weighted by atomic mass is 16.2. The summed E-state index contributed by atoms with van der Waals surface area (Å²) in [6, 6.07) is 7.66. The molecule has 6 nitrogen and oxygen atoms in total. The topological polar surface area (TPSA) is 73.8 Å². The number of nitrogens with one attached hydrogen (secondary N) is 2. The van der Waals surface area contributed by atoms with Crippen molar-refractivity contribution in [1.29, 1.82) is 0 Å². The Kier molecular flexibility index (Phi) is 4.47. The molecule has 0 aromatic heterocycles. The van der Waals surface area contributed by atoms with Crippen molar-refractivity contribution < 1.29 is 9.59 Å². The van der Waals surface area contributed by atoms with Crippen molar-refractivity contribution >= 4 is 23.2 Å². The highest BCUT2D eigenvalue weighted by Gasteiger charge is 2.18. The maximum Gasteiger partial charge on any atom is 0.271 e. The van der Waals surface area contributed by atoms with E-state index in [0.717, 1.165) is 12.2 Å².